The fourth-order valence-corrected chi connectivity index (χ4v) is 2.47. The Bertz CT molecular complexity index is 734. The number of nitrogens with zero attached hydrogens (tertiary/aromatic N) is 1. The van der Waals surface area contributed by atoms with Gasteiger partial charge in [0, 0.05) is 6.20 Å². The van der Waals surface area contributed by atoms with Gasteiger partial charge in [0.25, 0.3) is 0 Å². The number of fused-ring (bicyclic) bond motifs is 1. The van der Waals surface area contributed by atoms with E-state index < -0.39 is 6.04 Å². The summed E-state index contributed by atoms with van der Waals surface area (Å²) in [6.07, 6.45) is 2.14. The fourth-order valence-electron chi connectivity index (χ4n) is 2.47. The van der Waals surface area contributed by atoms with Crippen molar-refractivity contribution in [3.63, 3.8) is 0 Å². The highest BCUT2D eigenvalue weighted by Gasteiger charge is 2.14. The average molecular weight is 266 g/mol. The molecule has 0 saturated carbocycles. The van der Waals surface area contributed by atoms with Crippen molar-refractivity contribution >= 4 is 10.8 Å². The van der Waals surface area contributed by atoms with Gasteiger partial charge in [-0.1, -0.05) is 42.5 Å². The van der Waals surface area contributed by atoms with Crippen LogP contribution in [0.1, 0.15) is 17.3 Å². The minimum Gasteiger partial charge on any atom is -0.322 e. The standard InChI is InChI=1S/C17H15FN2/c18-15-9-4-10-20-17(15)16(19)11-13-7-3-6-12-5-1-2-8-14(12)13/h1-10,16H,11,19H2. The molecule has 3 aromatic rings. The van der Waals surface area contributed by atoms with Gasteiger partial charge in [-0.25, -0.2) is 4.39 Å². The fraction of sp³-hybridized carbons (Fsp3) is 0.118. The van der Waals surface area contributed by atoms with Crippen LogP contribution in [-0.2, 0) is 6.42 Å². The largest absolute Gasteiger partial charge is 0.322 e. The number of nitrogens with two attached hydrogens (primary N) is 1. The highest BCUT2D eigenvalue weighted by atomic mass is 19.1. The molecule has 1 heterocycles. The number of rotatable bonds is 3. The highest BCUT2D eigenvalue weighted by molar-refractivity contribution is 5.85. The van der Waals surface area contributed by atoms with Crippen molar-refractivity contribution in [3.05, 3.63) is 77.9 Å². The Balaban J connectivity index is 1.96. The van der Waals surface area contributed by atoms with Crippen molar-refractivity contribution in [1.82, 2.24) is 4.98 Å². The molecule has 2 N–H and O–H groups in total. The van der Waals surface area contributed by atoms with Crippen molar-refractivity contribution in [1.29, 1.82) is 0 Å². The third-order valence-corrected chi connectivity index (χ3v) is 3.46. The summed E-state index contributed by atoms with van der Waals surface area (Å²) < 4.78 is 13.7. The second-order valence-corrected chi connectivity index (χ2v) is 4.82. The van der Waals surface area contributed by atoms with Gasteiger partial charge in [-0.2, -0.15) is 0 Å². The van der Waals surface area contributed by atoms with Crippen LogP contribution in [-0.4, -0.2) is 4.98 Å². The molecular formula is C17H15FN2. The molecule has 3 heteroatoms. The number of aromatic nitrogens is 1. The van der Waals surface area contributed by atoms with E-state index in [0.717, 1.165) is 10.9 Å². The number of hydrogen-bond donors (Lipinski definition) is 1. The lowest BCUT2D eigenvalue weighted by Crippen LogP contribution is -2.16. The molecule has 0 bridgehead atoms. The number of halogens is 1. The van der Waals surface area contributed by atoms with Gasteiger partial charge in [-0.3, -0.25) is 4.98 Å². The molecule has 1 atom stereocenters. The van der Waals surface area contributed by atoms with E-state index in [0.29, 0.717) is 12.1 Å². The normalized spacial score (nSPS) is 12.5. The first-order valence-electron chi connectivity index (χ1n) is 6.58. The van der Waals surface area contributed by atoms with Crippen molar-refractivity contribution in [2.45, 2.75) is 12.5 Å². The zero-order valence-corrected chi connectivity index (χ0v) is 11.0. The molecule has 20 heavy (non-hydrogen) atoms. The summed E-state index contributed by atoms with van der Waals surface area (Å²) >= 11 is 0. The predicted molar refractivity (Wildman–Crippen MR) is 78.8 cm³/mol. The molecule has 0 aliphatic heterocycles. The molecule has 1 unspecified atom stereocenters. The van der Waals surface area contributed by atoms with Gasteiger partial charge in [0.05, 0.1) is 11.7 Å². The molecule has 0 aliphatic rings. The van der Waals surface area contributed by atoms with Crippen molar-refractivity contribution in [2.24, 2.45) is 5.73 Å². The van der Waals surface area contributed by atoms with Crippen LogP contribution in [0.5, 0.6) is 0 Å². The maximum Gasteiger partial charge on any atom is 0.146 e. The average Bonchev–Trinajstić information content (AvgIpc) is 2.48. The number of pyridine rings is 1. The third kappa shape index (κ3) is 2.40. The molecular weight excluding hydrogens is 251 g/mol. The smallest absolute Gasteiger partial charge is 0.146 e. The number of benzene rings is 2. The number of hydrogen-bond acceptors (Lipinski definition) is 2. The van der Waals surface area contributed by atoms with Gasteiger partial charge in [0.1, 0.15) is 5.82 Å². The highest BCUT2D eigenvalue weighted by Crippen LogP contribution is 2.23. The maximum atomic E-state index is 13.7. The molecule has 2 aromatic carbocycles. The summed E-state index contributed by atoms with van der Waals surface area (Å²) in [7, 11) is 0. The summed E-state index contributed by atoms with van der Waals surface area (Å²) in [5, 5.41) is 2.32. The lowest BCUT2D eigenvalue weighted by molar-refractivity contribution is 0.564. The molecule has 100 valence electrons. The van der Waals surface area contributed by atoms with E-state index in [1.807, 2.05) is 24.3 Å². The van der Waals surface area contributed by atoms with E-state index in [1.54, 1.807) is 12.3 Å². The quantitative estimate of drug-likeness (QED) is 0.786. The lowest BCUT2D eigenvalue weighted by atomic mass is 9.97. The van der Waals surface area contributed by atoms with E-state index in [9.17, 15) is 4.39 Å². The third-order valence-electron chi connectivity index (χ3n) is 3.46. The van der Waals surface area contributed by atoms with E-state index in [1.165, 1.54) is 11.5 Å². The van der Waals surface area contributed by atoms with Crippen molar-refractivity contribution in [2.75, 3.05) is 0 Å². The van der Waals surface area contributed by atoms with E-state index in [-0.39, 0.29) is 5.82 Å². The van der Waals surface area contributed by atoms with Crippen molar-refractivity contribution < 1.29 is 4.39 Å². The molecule has 2 nitrogen and oxygen atoms in total. The van der Waals surface area contributed by atoms with Crippen LogP contribution in [0.3, 0.4) is 0 Å². The predicted octanol–water partition coefficient (Wildman–Crippen LogP) is 3.62. The molecule has 0 spiro atoms. The van der Waals surface area contributed by atoms with Crippen LogP contribution in [0.2, 0.25) is 0 Å². The molecule has 0 radical (unpaired) electrons. The monoisotopic (exact) mass is 266 g/mol. The second-order valence-electron chi connectivity index (χ2n) is 4.82. The molecule has 0 saturated heterocycles. The Kier molecular flexibility index (Phi) is 3.44. The molecule has 0 amide bonds. The molecule has 0 aliphatic carbocycles. The first-order chi connectivity index (χ1) is 9.75. The van der Waals surface area contributed by atoms with Crippen LogP contribution < -0.4 is 5.73 Å². The van der Waals surface area contributed by atoms with E-state index >= 15 is 0 Å². The first kappa shape index (κ1) is 12.8. The Labute approximate surface area is 117 Å². The van der Waals surface area contributed by atoms with Crippen LogP contribution >= 0.6 is 0 Å². The first-order valence-corrected chi connectivity index (χ1v) is 6.58. The molecule has 0 fully saturated rings. The van der Waals surface area contributed by atoms with Gasteiger partial charge >= 0.3 is 0 Å². The maximum absolute atomic E-state index is 13.7. The SMILES string of the molecule is NC(Cc1cccc2ccccc12)c1ncccc1F. The topological polar surface area (TPSA) is 38.9 Å². The Hall–Kier alpha value is -2.26. The van der Waals surface area contributed by atoms with Crippen LogP contribution in [0.15, 0.2) is 60.8 Å². The van der Waals surface area contributed by atoms with Gasteiger partial charge in [-0.05, 0) is 34.9 Å². The van der Waals surface area contributed by atoms with Gasteiger partial charge in [0.2, 0.25) is 0 Å². The summed E-state index contributed by atoms with van der Waals surface area (Å²) in [4.78, 5) is 4.05. The minimum absolute atomic E-state index is 0.320. The zero-order chi connectivity index (χ0) is 13.9. The summed E-state index contributed by atoms with van der Waals surface area (Å²) in [5.74, 6) is -0.347. The van der Waals surface area contributed by atoms with Crippen LogP contribution in [0.25, 0.3) is 10.8 Å². The van der Waals surface area contributed by atoms with E-state index in [2.05, 4.69) is 23.2 Å². The Morgan fingerprint density at radius 1 is 1.00 bits per heavy atom. The van der Waals surface area contributed by atoms with Gasteiger partial charge in [-0.15, -0.1) is 0 Å². The zero-order valence-electron chi connectivity index (χ0n) is 11.0. The summed E-state index contributed by atoms with van der Waals surface area (Å²) in [5.41, 5.74) is 7.55. The van der Waals surface area contributed by atoms with Crippen LogP contribution in [0, 0.1) is 5.82 Å². The summed E-state index contributed by atoms with van der Waals surface area (Å²) in [6.45, 7) is 0. The Morgan fingerprint density at radius 2 is 1.80 bits per heavy atom. The van der Waals surface area contributed by atoms with E-state index in [4.69, 9.17) is 5.73 Å². The Morgan fingerprint density at radius 3 is 2.65 bits per heavy atom. The van der Waals surface area contributed by atoms with Crippen molar-refractivity contribution in [3.8, 4) is 0 Å². The van der Waals surface area contributed by atoms with Gasteiger partial charge in [0.15, 0.2) is 0 Å². The molecule has 1 aromatic heterocycles. The lowest BCUT2D eigenvalue weighted by Gasteiger charge is -2.13. The van der Waals surface area contributed by atoms with Crippen LogP contribution in [0.4, 0.5) is 4.39 Å². The minimum atomic E-state index is -0.443. The second kappa shape index (κ2) is 5.39. The van der Waals surface area contributed by atoms with Gasteiger partial charge < -0.3 is 5.73 Å². The summed E-state index contributed by atoms with van der Waals surface area (Å²) in [6, 6.07) is 16.7. The molecule has 3 rings (SSSR count).